The first-order valence-electron chi connectivity index (χ1n) is 10.3. The molecule has 0 saturated carbocycles. The fourth-order valence-corrected chi connectivity index (χ4v) is 4.49. The smallest absolute Gasteiger partial charge is 0.194 e. The summed E-state index contributed by atoms with van der Waals surface area (Å²) in [5, 5.41) is 8.77. The van der Waals surface area contributed by atoms with Crippen LogP contribution in [-0.2, 0) is 18.3 Å². The van der Waals surface area contributed by atoms with Crippen LogP contribution in [-0.4, -0.2) is 51.9 Å². The molecular formula is C22H28N6OS. The van der Waals surface area contributed by atoms with Gasteiger partial charge < -0.3 is 15.0 Å². The van der Waals surface area contributed by atoms with Crippen LogP contribution in [0.15, 0.2) is 47.7 Å². The van der Waals surface area contributed by atoms with Gasteiger partial charge in [-0.1, -0.05) is 30.3 Å². The molecule has 4 rings (SSSR count). The molecular weight excluding hydrogens is 396 g/mol. The molecule has 0 amide bonds. The normalized spacial score (nSPS) is 17.4. The molecule has 1 unspecified atom stereocenters. The van der Waals surface area contributed by atoms with E-state index in [0.717, 1.165) is 47.4 Å². The Labute approximate surface area is 181 Å². The minimum Gasteiger partial charge on any atom is -0.370 e. The van der Waals surface area contributed by atoms with E-state index in [4.69, 9.17) is 14.7 Å². The molecule has 7 nitrogen and oxygen atoms in total. The summed E-state index contributed by atoms with van der Waals surface area (Å²) in [4.78, 5) is 13.2. The van der Waals surface area contributed by atoms with Crippen molar-refractivity contribution in [3.63, 3.8) is 0 Å². The number of aromatic nitrogens is 3. The van der Waals surface area contributed by atoms with Gasteiger partial charge in [-0.25, -0.2) is 9.98 Å². The van der Waals surface area contributed by atoms with E-state index in [9.17, 15) is 0 Å². The van der Waals surface area contributed by atoms with Gasteiger partial charge in [0.15, 0.2) is 5.96 Å². The summed E-state index contributed by atoms with van der Waals surface area (Å²) in [6.45, 7) is 7.85. The Bertz CT molecular complexity index is 996. The lowest BCUT2D eigenvalue weighted by atomic mass is 10.1. The SMILES string of the molecule is CCNC(=NCc1sc(-c2ccccc2)nc1C)N1CCOC(c2cnn(C)c2)C1. The number of hydrogen-bond acceptors (Lipinski definition) is 5. The highest BCUT2D eigenvalue weighted by Crippen LogP contribution is 2.28. The van der Waals surface area contributed by atoms with E-state index in [1.54, 1.807) is 11.3 Å². The highest BCUT2D eigenvalue weighted by molar-refractivity contribution is 7.15. The van der Waals surface area contributed by atoms with E-state index in [0.29, 0.717) is 13.2 Å². The number of rotatable bonds is 5. The summed E-state index contributed by atoms with van der Waals surface area (Å²) in [6.07, 6.45) is 3.90. The van der Waals surface area contributed by atoms with E-state index in [1.165, 1.54) is 4.88 Å². The van der Waals surface area contributed by atoms with Gasteiger partial charge in [-0.3, -0.25) is 4.68 Å². The van der Waals surface area contributed by atoms with Crippen molar-refractivity contribution in [1.82, 2.24) is 25.0 Å². The lowest BCUT2D eigenvalue weighted by molar-refractivity contribution is -0.00805. The molecule has 1 saturated heterocycles. The second kappa shape index (κ2) is 9.40. The van der Waals surface area contributed by atoms with Crippen LogP contribution >= 0.6 is 11.3 Å². The zero-order valence-electron chi connectivity index (χ0n) is 17.7. The number of benzene rings is 1. The van der Waals surface area contributed by atoms with Gasteiger partial charge >= 0.3 is 0 Å². The Morgan fingerprint density at radius 2 is 2.17 bits per heavy atom. The topological polar surface area (TPSA) is 67.6 Å². The number of guanidine groups is 1. The quantitative estimate of drug-likeness (QED) is 0.502. The number of aryl methyl sites for hydroxylation is 2. The number of ether oxygens (including phenoxy) is 1. The molecule has 30 heavy (non-hydrogen) atoms. The second-order valence-corrected chi connectivity index (χ2v) is 8.40. The minimum absolute atomic E-state index is 0.00568. The molecule has 1 aliphatic rings. The van der Waals surface area contributed by atoms with Gasteiger partial charge in [0.1, 0.15) is 11.1 Å². The summed E-state index contributed by atoms with van der Waals surface area (Å²) >= 11 is 1.72. The number of thiazole rings is 1. The molecule has 2 aromatic heterocycles. The molecule has 3 heterocycles. The summed E-state index contributed by atoms with van der Waals surface area (Å²) in [5.74, 6) is 0.920. The lowest BCUT2D eigenvalue weighted by Gasteiger charge is -2.34. The molecule has 0 aliphatic carbocycles. The van der Waals surface area contributed by atoms with Crippen LogP contribution in [0.1, 0.15) is 29.2 Å². The van der Waals surface area contributed by atoms with Crippen molar-refractivity contribution >= 4 is 17.3 Å². The van der Waals surface area contributed by atoms with Crippen LogP contribution in [0.25, 0.3) is 10.6 Å². The summed E-state index contributed by atoms with van der Waals surface area (Å²) in [5.41, 5.74) is 3.30. The third-order valence-corrected chi connectivity index (χ3v) is 6.27. The molecule has 1 fully saturated rings. The molecule has 1 N–H and O–H groups in total. The Morgan fingerprint density at radius 3 is 2.90 bits per heavy atom. The molecule has 3 aromatic rings. The first kappa shape index (κ1) is 20.6. The van der Waals surface area contributed by atoms with Crippen molar-refractivity contribution in [3.8, 4) is 10.6 Å². The van der Waals surface area contributed by atoms with Crippen molar-refractivity contribution in [1.29, 1.82) is 0 Å². The van der Waals surface area contributed by atoms with Gasteiger partial charge in [0.25, 0.3) is 0 Å². The van der Waals surface area contributed by atoms with E-state index in [1.807, 2.05) is 42.3 Å². The molecule has 0 spiro atoms. The zero-order chi connectivity index (χ0) is 20.9. The first-order chi connectivity index (χ1) is 14.6. The Hall–Kier alpha value is -2.71. The Morgan fingerprint density at radius 1 is 1.33 bits per heavy atom. The third-order valence-electron chi connectivity index (χ3n) is 5.08. The van der Waals surface area contributed by atoms with Gasteiger partial charge in [-0.15, -0.1) is 11.3 Å². The summed E-state index contributed by atoms with van der Waals surface area (Å²) in [6, 6.07) is 10.3. The minimum atomic E-state index is 0.00568. The van der Waals surface area contributed by atoms with E-state index in [-0.39, 0.29) is 6.10 Å². The predicted octanol–water partition coefficient (Wildman–Crippen LogP) is 3.39. The average Bonchev–Trinajstić information content (AvgIpc) is 3.37. The number of nitrogens with zero attached hydrogens (tertiary/aromatic N) is 5. The van der Waals surface area contributed by atoms with Gasteiger partial charge in [0.2, 0.25) is 0 Å². The largest absolute Gasteiger partial charge is 0.370 e. The Kier molecular flexibility index (Phi) is 6.44. The van der Waals surface area contributed by atoms with Crippen LogP contribution < -0.4 is 5.32 Å². The molecule has 1 aliphatic heterocycles. The van der Waals surface area contributed by atoms with Crippen LogP contribution in [0, 0.1) is 6.92 Å². The monoisotopic (exact) mass is 424 g/mol. The molecule has 8 heteroatoms. The third kappa shape index (κ3) is 4.71. The first-order valence-corrected chi connectivity index (χ1v) is 11.1. The van der Waals surface area contributed by atoms with Crippen molar-refractivity contribution < 1.29 is 4.74 Å². The molecule has 1 atom stereocenters. The fourth-order valence-electron chi connectivity index (χ4n) is 3.50. The average molecular weight is 425 g/mol. The van der Waals surface area contributed by atoms with Crippen molar-refractivity contribution in [2.45, 2.75) is 26.5 Å². The molecule has 158 valence electrons. The fraction of sp³-hybridized carbons (Fsp3) is 0.409. The van der Waals surface area contributed by atoms with Crippen molar-refractivity contribution in [3.05, 3.63) is 58.9 Å². The van der Waals surface area contributed by atoms with Crippen molar-refractivity contribution in [2.24, 2.45) is 12.0 Å². The van der Waals surface area contributed by atoms with Crippen molar-refractivity contribution in [2.75, 3.05) is 26.2 Å². The van der Waals surface area contributed by atoms with Gasteiger partial charge in [0, 0.05) is 42.3 Å². The number of morpholine rings is 1. The maximum atomic E-state index is 5.98. The number of aliphatic imine (C=N–C) groups is 1. The van der Waals surface area contributed by atoms with Gasteiger partial charge in [0.05, 0.1) is 31.6 Å². The van der Waals surface area contributed by atoms with Crippen LogP contribution in [0.4, 0.5) is 0 Å². The van der Waals surface area contributed by atoms with Gasteiger partial charge in [-0.05, 0) is 13.8 Å². The lowest BCUT2D eigenvalue weighted by Crippen LogP contribution is -2.48. The zero-order valence-corrected chi connectivity index (χ0v) is 18.5. The van der Waals surface area contributed by atoms with Crippen LogP contribution in [0.2, 0.25) is 0 Å². The molecule has 1 aromatic carbocycles. The number of hydrogen-bond donors (Lipinski definition) is 1. The maximum Gasteiger partial charge on any atom is 0.194 e. The highest BCUT2D eigenvalue weighted by atomic mass is 32.1. The predicted molar refractivity (Wildman–Crippen MR) is 121 cm³/mol. The summed E-state index contributed by atoms with van der Waals surface area (Å²) in [7, 11) is 1.93. The summed E-state index contributed by atoms with van der Waals surface area (Å²) < 4.78 is 7.80. The van der Waals surface area contributed by atoms with Crippen LogP contribution in [0.3, 0.4) is 0 Å². The van der Waals surface area contributed by atoms with Gasteiger partial charge in [-0.2, -0.15) is 5.10 Å². The standard InChI is InChI=1S/C22H28N6OS/c1-4-23-22(28-10-11-29-19(15-28)18-12-25-27(3)14-18)24-13-20-16(2)26-21(30-20)17-8-6-5-7-9-17/h5-9,12,14,19H,4,10-11,13,15H2,1-3H3,(H,23,24). The number of nitrogens with one attached hydrogen (secondary N) is 1. The molecule has 0 radical (unpaired) electrons. The Balaban J connectivity index is 1.49. The maximum absolute atomic E-state index is 5.98. The highest BCUT2D eigenvalue weighted by Gasteiger charge is 2.25. The molecule has 0 bridgehead atoms. The van der Waals surface area contributed by atoms with Crippen LogP contribution in [0.5, 0.6) is 0 Å². The van der Waals surface area contributed by atoms with E-state index >= 15 is 0 Å². The van der Waals surface area contributed by atoms with E-state index in [2.05, 4.69) is 41.3 Å². The second-order valence-electron chi connectivity index (χ2n) is 7.32. The van der Waals surface area contributed by atoms with E-state index < -0.39 is 0 Å².